The van der Waals surface area contributed by atoms with Crippen LogP contribution < -0.4 is 10.1 Å². The smallest absolute Gasteiger partial charge is 0.249 e. The Morgan fingerprint density at radius 1 is 1.38 bits per heavy atom. The van der Waals surface area contributed by atoms with Gasteiger partial charge in [-0.05, 0) is 57.7 Å². The second-order valence-electron chi connectivity index (χ2n) is 6.74. The van der Waals surface area contributed by atoms with E-state index in [1.807, 2.05) is 25.1 Å². The third-order valence-corrected chi connectivity index (χ3v) is 4.73. The minimum Gasteiger partial charge on any atom is -0.478 e. The second-order valence-corrected chi connectivity index (χ2v) is 6.74. The molecule has 2 N–H and O–H groups in total. The van der Waals surface area contributed by atoms with Crippen LogP contribution in [0.25, 0.3) is 0 Å². The summed E-state index contributed by atoms with van der Waals surface area (Å²) >= 11 is 0. The van der Waals surface area contributed by atoms with E-state index in [2.05, 4.69) is 15.2 Å². The highest BCUT2D eigenvalue weighted by molar-refractivity contribution is 5.81. The zero-order valence-corrected chi connectivity index (χ0v) is 14.3. The third kappa shape index (κ3) is 4.68. The van der Waals surface area contributed by atoms with Gasteiger partial charge in [0.15, 0.2) is 0 Å². The first-order valence-electron chi connectivity index (χ1n) is 8.95. The van der Waals surface area contributed by atoms with Crippen LogP contribution >= 0.6 is 0 Å². The molecule has 1 saturated heterocycles. The van der Waals surface area contributed by atoms with Gasteiger partial charge in [0.1, 0.15) is 6.10 Å². The average molecular weight is 333 g/mol. The molecule has 2 aliphatic rings. The van der Waals surface area contributed by atoms with Gasteiger partial charge in [0.25, 0.3) is 0 Å². The van der Waals surface area contributed by atoms with Crippen LogP contribution in [0, 0.1) is 5.92 Å². The van der Waals surface area contributed by atoms with Gasteiger partial charge in [-0.2, -0.15) is 0 Å². The van der Waals surface area contributed by atoms with E-state index in [-0.39, 0.29) is 11.8 Å². The molecule has 3 rings (SSSR count). The van der Waals surface area contributed by atoms with Crippen molar-refractivity contribution in [3.05, 3.63) is 23.9 Å². The van der Waals surface area contributed by atoms with Crippen molar-refractivity contribution >= 4 is 5.91 Å². The quantitative estimate of drug-likeness (QED) is 0.787. The molecule has 1 amide bonds. The molecular formula is C18H27N3O3. The Bertz CT molecular complexity index is 554. The molecule has 1 aliphatic carbocycles. The number of likely N-dealkylation sites (tertiary alicyclic amines) is 1. The van der Waals surface area contributed by atoms with Gasteiger partial charge in [0, 0.05) is 18.7 Å². The molecule has 1 aromatic rings. The van der Waals surface area contributed by atoms with Crippen molar-refractivity contribution in [2.24, 2.45) is 5.92 Å². The summed E-state index contributed by atoms with van der Waals surface area (Å²) in [4.78, 5) is 18.8. The van der Waals surface area contributed by atoms with E-state index in [0.29, 0.717) is 18.5 Å². The van der Waals surface area contributed by atoms with Crippen molar-refractivity contribution in [3.8, 4) is 5.88 Å². The van der Waals surface area contributed by atoms with Gasteiger partial charge in [-0.1, -0.05) is 6.07 Å². The van der Waals surface area contributed by atoms with E-state index in [0.717, 1.165) is 51.0 Å². The summed E-state index contributed by atoms with van der Waals surface area (Å²) in [6.07, 6.45) is 2.90. The molecule has 0 radical (unpaired) electrons. The highest BCUT2D eigenvalue weighted by Crippen LogP contribution is 2.24. The van der Waals surface area contributed by atoms with Crippen molar-refractivity contribution in [3.63, 3.8) is 0 Å². The van der Waals surface area contributed by atoms with Gasteiger partial charge < -0.3 is 15.2 Å². The summed E-state index contributed by atoms with van der Waals surface area (Å²) in [6.45, 7) is 5.09. The summed E-state index contributed by atoms with van der Waals surface area (Å²) in [5.74, 6) is 0.529. The first kappa shape index (κ1) is 17.2. The highest BCUT2D eigenvalue weighted by atomic mass is 16.5. The Balaban J connectivity index is 1.46. The number of aromatic nitrogens is 1. The lowest BCUT2D eigenvalue weighted by Crippen LogP contribution is -2.45. The SMILES string of the molecule is CCOc1cccc(CN2CCC([C@@H](O)C(=O)NC3CC3)CC2)n1. The molecule has 1 aromatic heterocycles. The van der Waals surface area contributed by atoms with Gasteiger partial charge in [-0.3, -0.25) is 9.69 Å². The van der Waals surface area contributed by atoms with Crippen LogP contribution in [-0.4, -0.2) is 52.7 Å². The summed E-state index contributed by atoms with van der Waals surface area (Å²) in [5.41, 5.74) is 0.992. The number of aliphatic hydroxyl groups excluding tert-OH is 1. The number of carbonyl (C=O) groups excluding carboxylic acids is 1. The topological polar surface area (TPSA) is 74.7 Å². The molecule has 0 spiro atoms. The van der Waals surface area contributed by atoms with Crippen LogP contribution in [0.1, 0.15) is 38.3 Å². The Morgan fingerprint density at radius 2 is 2.12 bits per heavy atom. The number of nitrogens with one attached hydrogen (secondary N) is 1. The average Bonchev–Trinajstić information content (AvgIpc) is 3.39. The number of piperidine rings is 1. The highest BCUT2D eigenvalue weighted by Gasteiger charge is 2.32. The number of ether oxygens (including phenoxy) is 1. The maximum Gasteiger partial charge on any atom is 0.249 e. The summed E-state index contributed by atoms with van der Waals surface area (Å²) < 4.78 is 5.44. The number of aliphatic hydroxyl groups is 1. The van der Waals surface area contributed by atoms with Crippen LogP contribution in [0.3, 0.4) is 0 Å². The van der Waals surface area contributed by atoms with Crippen LogP contribution in [0.2, 0.25) is 0 Å². The second kappa shape index (κ2) is 7.94. The molecule has 6 heteroatoms. The fourth-order valence-electron chi connectivity index (χ4n) is 3.16. The third-order valence-electron chi connectivity index (χ3n) is 4.73. The minimum atomic E-state index is -0.868. The number of hydrogen-bond donors (Lipinski definition) is 2. The van der Waals surface area contributed by atoms with Crippen LogP contribution in [-0.2, 0) is 11.3 Å². The minimum absolute atomic E-state index is 0.0581. The molecule has 2 heterocycles. The molecular weight excluding hydrogens is 306 g/mol. The van der Waals surface area contributed by atoms with Crippen LogP contribution in [0.15, 0.2) is 18.2 Å². The van der Waals surface area contributed by atoms with Crippen LogP contribution in [0.4, 0.5) is 0 Å². The standard InChI is InChI=1S/C18H27N3O3/c1-2-24-16-5-3-4-15(19-16)12-21-10-8-13(9-11-21)17(22)18(23)20-14-6-7-14/h3-5,13-14,17,22H,2,6-12H2,1H3,(H,20,23)/t17-/m1/s1. The lowest BCUT2D eigenvalue weighted by Gasteiger charge is -2.33. The number of hydrogen-bond acceptors (Lipinski definition) is 5. The molecule has 2 fully saturated rings. The molecule has 24 heavy (non-hydrogen) atoms. The zero-order chi connectivity index (χ0) is 16.9. The molecule has 1 saturated carbocycles. The Labute approximate surface area is 143 Å². The molecule has 1 atom stereocenters. The molecule has 0 bridgehead atoms. The maximum absolute atomic E-state index is 12.0. The number of rotatable bonds is 7. The van der Waals surface area contributed by atoms with E-state index in [9.17, 15) is 9.90 Å². The molecule has 6 nitrogen and oxygen atoms in total. The van der Waals surface area contributed by atoms with Crippen molar-refractivity contribution < 1.29 is 14.6 Å². The monoisotopic (exact) mass is 333 g/mol. The van der Waals surface area contributed by atoms with E-state index < -0.39 is 6.10 Å². The van der Waals surface area contributed by atoms with E-state index in [1.54, 1.807) is 0 Å². The lowest BCUT2D eigenvalue weighted by atomic mass is 9.90. The van der Waals surface area contributed by atoms with Gasteiger partial charge in [0.2, 0.25) is 11.8 Å². The number of pyridine rings is 1. The molecule has 1 aliphatic heterocycles. The van der Waals surface area contributed by atoms with Crippen molar-refractivity contribution in [1.29, 1.82) is 0 Å². The zero-order valence-electron chi connectivity index (χ0n) is 14.3. The number of carbonyl (C=O) groups is 1. The van der Waals surface area contributed by atoms with E-state index in [4.69, 9.17) is 4.74 Å². The summed E-state index contributed by atoms with van der Waals surface area (Å²) in [5, 5.41) is 13.1. The first-order chi connectivity index (χ1) is 11.7. The molecule has 0 unspecified atom stereocenters. The van der Waals surface area contributed by atoms with Gasteiger partial charge in [0.05, 0.1) is 12.3 Å². The normalized spacial score (nSPS) is 20.6. The fourth-order valence-corrected chi connectivity index (χ4v) is 3.16. The van der Waals surface area contributed by atoms with Crippen molar-refractivity contribution in [2.75, 3.05) is 19.7 Å². The maximum atomic E-state index is 12.0. The van der Waals surface area contributed by atoms with Crippen LogP contribution in [0.5, 0.6) is 5.88 Å². The van der Waals surface area contributed by atoms with Crippen molar-refractivity contribution in [1.82, 2.24) is 15.2 Å². The fraction of sp³-hybridized carbons (Fsp3) is 0.667. The largest absolute Gasteiger partial charge is 0.478 e. The molecule has 0 aromatic carbocycles. The Kier molecular flexibility index (Phi) is 5.68. The predicted octanol–water partition coefficient (Wildman–Crippen LogP) is 1.33. The van der Waals surface area contributed by atoms with Crippen molar-refractivity contribution in [2.45, 2.75) is 51.3 Å². The number of amides is 1. The van der Waals surface area contributed by atoms with Gasteiger partial charge >= 0.3 is 0 Å². The van der Waals surface area contributed by atoms with Gasteiger partial charge in [-0.25, -0.2) is 4.98 Å². The summed E-state index contributed by atoms with van der Waals surface area (Å²) in [7, 11) is 0. The molecule has 132 valence electrons. The summed E-state index contributed by atoms with van der Waals surface area (Å²) in [6, 6.07) is 6.14. The number of nitrogens with zero attached hydrogens (tertiary/aromatic N) is 2. The lowest BCUT2D eigenvalue weighted by molar-refractivity contribution is -0.133. The Hall–Kier alpha value is -1.66. The Morgan fingerprint density at radius 3 is 2.79 bits per heavy atom. The van der Waals surface area contributed by atoms with E-state index in [1.165, 1.54) is 0 Å². The predicted molar refractivity (Wildman–Crippen MR) is 90.6 cm³/mol. The first-order valence-corrected chi connectivity index (χ1v) is 8.95. The van der Waals surface area contributed by atoms with Gasteiger partial charge in [-0.15, -0.1) is 0 Å². The van der Waals surface area contributed by atoms with E-state index >= 15 is 0 Å².